The topological polar surface area (TPSA) is 42.2 Å². The fourth-order valence-corrected chi connectivity index (χ4v) is 5.44. The van der Waals surface area contributed by atoms with Crippen molar-refractivity contribution in [1.29, 1.82) is 0 Å². The van der Waals surface area contributed by atoms with Gasteiger partial charge in [-0.25, -0.2) is 0 Å². The summed E-state index contributed by atoms with van der Waals surface area (Å²) in [5.74, 6) is 0.602. The smallest absolute Gasteiger partial charge is 0.262 e. The van der Waals surface area contributed by atoms with E-state index in [1.54, 1.807) is 0 Å². The highest BCUT2D eigenvalue weighted by atomic mass is 16.3. The van der Waals surface area contributed by atoms with Crippen molar-refractivity contribution in [2.75, 3.05) is 0 Å². The number of hydrogen-bond donors (Lipinski definition) is 1. The summed E-state index contributed by atoms with van der Waals surface area (Å²) in [5, 5.41) is 11.1. The molecule has 4 rings (SSSR count). The Labute approximate surface area is 155 Å². The van der Waals surface area contributed by atoms with E-state index in [0.717, 1.165) is 42.6 Å². The van der Waals surface area contributed by atoms with Gasteiger partial charge in [0.2, 0.25) is 0 Å². The number of rotatable bonds is 4. The molecule has 1 saturated carbocycles. The van der Waals surface area contributed by atoms with Crippen molar-refractivity contribution < 1.29 is 5.11 Å². The summed E-state index contributed by atoms with van der Waals surface area (Å²) in [6.45, 7) is 9.00. The number of aromatic hydroxyl groups is 1. The van der Waals surface area contributed by atoms with Crippen molar-refractivity contribution in [3.05, 3.63) is 57.5 Å². The van der Waals surface area contributed by atoms with Crippen molar-refractivity contribution in [1.82, 2.24) is 4.57 Å². The van der Waals surface area contributed by atoms with Crippen molar-refractivity contribution in [2.24, 2.45) is 5.41 Å². The molecule has 1 fully saturated rings. The van der Waals surface area contributed by atoms with Gasteiger partial charge in [0, 0.05) is 22.4 Å². The molecule has 1 aromatic carbocycles. The summed E-state index contributed by atoms with van der Waals surface area (Å²) in [6.07, 6.45) is 4.72. The number of para-hydroxylation sites is 1. The molecular weight excluding hydrogens is 322 g/mol. The number of pyridine rings is 1. The molecule has 2 atom stereocenters. The molecule has 2 aliphatic rings. The Morgan fingerprint density at radius 2 is 1.88 bits per heavy atom. The monoisotopic (exact) mass is 351 g/mol. The Hall–Kier alpha value is -2.03. The number of nitrogens with zero attached hydrogens (tertiary/aromatic N) is 1. The first-order chi connectivity index (χ1) is 12.3. The highest BCUT2D eigenvalue weighted by Gasteiger charge is 2.62. The molecule has 26 heavy (non-hydrogen) atoms. The van der Waals surface area contributed by atoms with Crippen molar-refractivity contribution in [3.63, 3.8) is 0 Å². The second-order valence-corrected chi connectivity index (χ2v) is 8.81. The Balaban J connectivity index is 2.09. The molecule has 0 spiro atoms. The van der Waals surface area contributed by atoms with Gasteiger partial charge in [-0.05, 0) is 49.1 Å². The second kappa shape index (κ2) is 5.73. The van der Waals surface area contributed by atoms with E-state index in [0.29, 0.717) is 17.9 Å². The molecule has 0 radical (unpaired) electrons. The van der Waals surface area contributed by atoms with Crippen LogP contribution in [0, 0.1) is 5.41 Å². The van der Waals surface area contributed by atoms with Gasteiger partial charge in [-0.15, -0.1) is 0 Å². The maximum Gasteiger partial charge on any atom is 0.262 e. The molecular formula is C23H29NO2. The lowest BCUT2D eigenvalue weighted by Crippen LogP contribution is -2.37. The normalized spacial score (nSPS) is 25.5. The van der Waals surface area contributed by atoms with Crippen LogP contribution in [0.3, 0.4) is 0 Å². The summed E-state index contributed by atoms with van der Waals surface area (Å²) >= 11 is 0. The lowest BCUT2D eigenvalue weighted by atomic mass is 9.70. The van der Waals surface area contributed by atoms with Crippen LogP contribution in [0.2, 0.25) is 0 Å². The summed E-state index contributed by atoms with van der Waals surface area (Å²) in [4.78, 5) is 13.5. The summed E-state index contributed by atoms with van der Waals surface area (Å²) in [7, 11) is 0. The third kappa shape index (κ3) is 2.03. The number of fused-ring (bicyclic) bond motifs is 5. The average Bonchev–Trinajstić information content (AvgIpc) is 2.95. The number of unbranched alkanes of at least 4 members (excludes halogenated alkanes) is 1. The second-order valence-electron chi connectivity index (χ2n) is 8.81. The van der Waals surface area contributed by atoms with Gasteiger partial charge >= 0.3 is 0 Å². The Morgan fingerprint density at radius 3 is 2.54 bits per heavy atom. The molecule has 0 aliphatic heterocycles. The van der Waals surface area contributed by atoms with E-state index in [-0.39, 0.29) is 22.1 Å². The standard InChI is InChI=1S/C23H29NO2/c1-5-6-12-16-19(25)18-17-13-14-23(4,22(17,2)3)20(18)24(21(16)26)15-10-8-7-9-11-15/h7-11,17,25H,5-6,12-14H2,1-4H3/t17-,23+/m0/s1. The quantitative estimate of drug-likeness (QED) is 0.836. The molecule has 0 amide bonds. The van der Waals surface area contributed by atoms with Crippen LogP contribution in [0.15, 0.2) is 35.1 Å². The van der Waals surface area contributed by atoms with Crippen LogP contribution in [0.25, 0.3) is 5.69 Å². The van der Waals surface area contributed by atoms with Crippen LogP contribution >= 0.6 is 0 Å². The SMILES string of the molecule is CCCCc1c(O)c2c(n(-c3ccccc3)c1=O)[C@@]1(C)CC[C@@H]2C1(C)C. The molecule has 2 bridgehead atoms. The molecule has 1 heterocycles. The third-order valence-electron chi connectivity index (χ3n) is 7.37. The summed E-state index contributed by atoms with van der Waals surface area (Å²) in [6, 6.07) is 9.95. The fraction of sp³-hybridized carbons (Fsp3) is 0.522. The number of benzene rings is 1. The first-order valence-corrected chi connectivity index (χ1v) is 9.91. The Morgan fingerprint density at radius 1 is 1.19 bits per heavy atom. The highest BCUT2D eigenvalue weighted by molar-refractivity contribution is 5.58. The van der Waals surface area contributed by atoms with Gasteiger partial charge in [0.25, 0.3) is 5.56 Å². The van der Waals surface area contributed by atoms with Gasteiger partial charge in [0.1, 0.15) is 5.75 Å². The van der Waals surface area contributed by atoms with Gasteiger partial charge < -0.3 is 5.11 Å². The largest absolute Gasteiger partial charge is 0.507 e. The van der Waals surface area contributed by atoms with Crippen LogP contribution in [0.5, 0.6) is 5.75 Å². The zero-order valence-electron chi connectivity index (χ0n) is 16.3. The van der Waals surface area contributed by atoms with Crippen molar-refractivity contribution >= 4 is 0 Å². The molecule has 3 nitrogen and oxygen atoms in total. The van der Waals surface area contributed by atoms with Gasteiger partial charge in [-0.3, -0.25) is 9.36 Å². The van der Waals surface area contributed by atoms with E-state index < -0.39 is 0 Å². The van der Waals surface area contributed by atoms with E-state index in [4.69, 9.17) is 0 Å². The number of aromatic nitrogens is 1. The Bertz CT molecular complexity index is 910. The first kappa shape index (κ1) is 17.4. The van der Waals surface area contributed by atoms with Crippen LogP contribution in [0.1, 0.15) is 76.1 Å². The maximum atomic E-state index is 13.5. The van der Waals surface area contributed by atoms with E-state index in [9.17, 15) is 9.90 Å². The molecule has 3 heteroatoms. The van der Waals surface area contributed by atoms with Gasteiger partial charge in [0.15, 0.2) is 0 Å². The molecule has 1 N–H and O–H groups in total. The average molecular weight is 351 g/mol. The minimum Gasteiger partial charge on any atom is -0.507 e. The summed E-state index contributed by atoms with van der Waals surface area (Å²) in [5.41, 5.74) is 3.51. The molecule has 1 aromatic heterocycles. The van der Waals surface area contributed by atoms with E-state index in [1.165, 1.54) is 0 Å². The maximum absolute atomic E-state index is 13.5. The zero-order chi connectivity index (χ0) is 18.7. The minimum atomic E-state index is -0.0945. The number of hydrogen-bond acceptors (Lipinski definition) is 2. The first-order valence-electron chi connectivity index (χ1n) is 9.91. The van der Waals surface area contributed by atoms with E-state index in [2.05, 4.69) is 27.7 Å². The fourth-order valence-electron chi connectivity index (χ4n) is 5.44. The molecule has 2 aromatic rings. The lowest BCUT2D eigenvalue weighted by Gasteiger charge is -2.36. The molecule has 2 aliphatic carbocycles. The highest BCUT2D eigenvalue weighted by Crippen LogP contribution is 2.69. The predicted octanol–water partition coefficient (Wildman–Crippen LogP) is 5.06. The van der Waals surface area contributed by atoms with E-state index >= 15 is 0 Å². The van der Waals surface area contributed by atoms with Crippen LogP contribution in [-0.2, 0) is 11.8 Å². The van der Waals surface area contributed by atoms with Gasteiger partial charge in [-0.1, -0.05) is 52.3 Å². The van der Waals surface area contributed by atoms with Crippen LogP contribution < -0.4 is 5.56 Å². The van der Waals surface area contributed by atoms with Crippen LogP contribution in [-0.4, -0.2) is 9.67 Å². The summed E-state index contributed by atoms with van der Waals surface area (Å²) < 4.78 is 1.92. The molecule has 0 saturated heterocycles. The molecule has 138 valence electrons. The van der Waals surface area contributed by atoms with Gasteiger partial charge in [0.05, 0.1) is 5.56 Å². The minimum absolute atomic E-state index is 0.0366. The van der Waals surface area contributed by atoms with Crippen molar-refractivity contribution in [3.8, 4) is 11.4 Å². The van der Waals surface area contributed by atoms with Gasteiger partial charge in [-0.2, -0.15) is 0 Å². The molecule has 0 unspecified atom stereocenters. The lowest BCUT2D eigenvalue weighted by molar-refractivity contribution is 0.224. The zero-order valence-corrected chi connectivity index (χ0v) is 16.3. The predicted molar refractivity (Wildman–Crippen MR) is 105 cm³/mol. The van der Waals surface area contributed by atoms with Crippen molar-refractivity contribution in [2.45, 2.75) is 71.1 Å². The van der Waals surface area contributed by atoms with E-state index in [1.807, 2.05) is 34.9 Å². The third-order valence-corrected chi connectivity index (χ3v) is 7.37. The Kier molecular flexibility index (Phi) is 3.83. The van der Waals surface area contributed by atoms with Crippen LogP contribution in [0.4, 0.5) is 0 Å².